The number of esters is 2. The van der Waals surface area contributed by atoms with Crippen LogP contribution >= 0.6 is 0 Å². The van der Waals surface area contributed by atoms with Crippen LogP contribution in [0.15, 0.2) is 60.7 Å². The molecule has 2 rings (SSSR count). The fourth-order valence-electron chi connectivity index (χ4n) is 3.41. The van der Waals surface area contributed by atoms with Crippen molar-refractivity contribution in [2.45, 2.75) is 59.2 Å². The monoisotopic (exact) mass is 538 g/mol. The summed E-state index contributed by atoms with van der Waals surface area (Å²) in [6.45, 7) is 10.8. The molecule has 0 spiro atoms. The van der Waals surface area contributed by atoms with E-state index in [4.69, 9.17) is 9.47 Å². The molecular formula is C30H38N2O7. The van der Waals surface area contributed by atoms with Crippen molar-refractivity contribution in [2.24, 2.45) is 0 Å². The smallest absolute Gasteiger partial charge is 0.412 e. The third-order valence-electron chi connectivity index (χ3n) is 5.10. The van der Waals surface area contributed by atoms with Crippen LogP contribution in [0, 0.1) is 0 Å². The lowest BCUT2D eigenvalue weighted by atomic mass is 10.1. The first-order valence-electron chi connectivity index (χ1n) is 12.6. The molecule has 0 saturated heterocycles. The molecule has 9 heteroatoms. The summed E-state index contributed by atoms with van der Waals surface area (Å²) >= 11 is 0. The lowest BCUT2D eigenvalue weighted by Gasteiger charge is -2.24. The van der Waals surface area contributed by atoms with Crippen LogP contribution in [0.3, 0.4) is 0 Å². The molecule has 0 atom stereocenters. The molecule has 0 fully saturated rings. The second kappa shape index (κ2) is 13.6. The fraction of sp³-hybridized carbons (Fsp3) is 0.400. The maximum atomic E-state index is 13.8. The Bertz CT molecular complexity index is 1190. The van der Waals surface area contributed by atoms with E-state index in [-0.39, 0.29) is 23.4 Å². The largest absolute Gasteiger partial charge is 0.466 e. The SMILES string of the molecule is COC(=O)/C=C/CN(CCc1ccccc1)C(=O)c1ccc(C(=O)OC(C)(C)C)cc1NC(=O)OC(C)(C)C. The Morgan fingerprint density at radius 3 is 2.13 bits per heavy atom. The minimum Gasteiger partial charge on any atom is -0.466 e. The summed E-state index contributed by atoms with van der Waals surface area (Å²) in [7, 11) is 1.27. The molecule has 0 aliphatic rings. The number of rotatable bonds is 9. The van der Waals surface area contributed by atoms with Gasteiger partial charge in [0.15, 0.2) is 0 Å². The summed E-state index contributed by atoms with van der Waals surface area (Å²) in [4.78, 5) is 52.3. The first-order valence-corrected chi connectivity index (χ1v) is 12.6. The number of hydrogen-bond acceptors (Lipinski definition) is 7. The molecule has 0 saturated carbocycles. The van der Waals surface area contributed by atoms with E-state index in [1.165, 1.54) is 42.4 Å². The van der Waals surface area contributed by atoms with Gasteiger partial charge >= 0.3 is 18.0 Å². The van der Waals surface area contributed by atoms with Gasteiger partial charge in [0.05, 0.1) is 23.9 Å². The fourth-order valence-corrected chi connectivity index (χ4v) is 3.41. The Morgan fingerprint density at radius 2 is 1.54 bits per heavy atom. The Kier molecular flexibility index (Phi) is 10.8. The average molecular weight is 539 g/mol. The number of amides is 2. The number of ether oxygens (including phenoxy) is 3. The van der Waals surface area contributed by atoms with Crippen molar-refractivity contribution in [3.8, 4) is 0 Å². The number of nitrogens with one attached hydrogen (secondary N) is 1. The minimum absolute atomic E-state index is 0.0965. The standard InChI is InChI=1S/C30H38N2O7/c1-29(2,3)38-27(35)22-15-16-23(24(20-22)31-28(36)39-30(4,5)6)26(34)32(18-11-14-25(33)37-7)19-17-21-12-9-8-10-13-21/h8-16,20H,17-19H2,1-7H3,(H,31,36)/b14-11+. The molecule has 0 bridgehead atoms. The summed E-state index contributed by atoms with van der Waals surface area (Å²) in [5.74, 6) is -1.56. The molecule has 0 unspecified atom stereocenters. The van der Waals surface area contributed by atoms with E-state index in [2.05, 4.69) is 10.1 Å². The normalized spacial score (nSPS) is 11.6. The van der Waals surface area contributed by atoms with Crippen LogP contribution in [0.5, 0.6) is 0 Å². The molecule has 210 valence electrons. The van der Waals surface area contributed by atoms with Crippen molar-refractivity contribution < 1.29 is 33.4 Å². The number of nitrogens with zero attached hydrogens (tertiary/aromatic N) is 1. The third-order valence-corrected chi connectivity index (χ3v) is 5.10. The first-order chi connectivity index (χ1) is 18.2. The molecule has 0 heterocycles. The Morgan fingerprint density at radius 1 is 0.897 bits per heavy atom. The van der Waals surface area contributed by atoms with Gasteiger partial charge in [-0.05, 0) is 71.7 Å². The topological polar surface area (TPSA) is 111 Å². The van der Waals surface area contributed by atoms with Crippen molar-refractivity contribution in [2.75, 3.05) is 25.5 Å². The first kappa shape index (κ1) is 31.1. The van der Waals surface area contributed by atoms with Crippen LogP contribution in [-0.2, 0) is 25.4 Å². The third kappa shape index (κ3) is 11.0. The van der Waals surface area contributed by atoms with Crippen LogP contribution in [-0.4, -0.2) is 60.2 Å². The summed E-state index contributed by atoms with van der Waals surface area (Å²) in [6, 6.07) is 14.0. The van der Waals surface area contributed by atoms with Gasteiger partial charge in [0.1, 0.15) is 11.2 Å². The van der Waals surface area contributed by atoms with Gasteiger partial charge in [0, 0.05) is 19.2 Å². The van der Waals surface area contributed by atoms with E-state index in [1.807, 2.05) is 30.3 Å². The second-order valence-electron chi connectivity index (χ2n) is 10.8. The van der Waals surface area contributed by atoms with Gasteiger partial charge in [-0.1, -0.05) is 36.4 Å². The summed E-state index contributed by atoms with van der Waals surface area (Å²) in [5.41, 5.74) is -0.0809. The van der Waals surface area contributed by atoms with E-state index in [1.54, 1.807) is 41.5 Å². The summed E-state index contributed by atoms with van der Waals surface area (Å²) < 4.78 is 15.5. The molecule has 39 heavy (non-hydrogen) atoms. The average Bonchev–Trinajstić information content (AvgIpc) is 2.83. The summed E-state index contributed by atoms with van der Waals surface area (Å²) in [5, 5.41) is 2.61. The van der Waals surface area contributed by atoms with Crippen molar-refractivity contribution in [3.05, 3.63) is 77.4 Å². The Balaban J connectivity index is 2.44. The molecule has 0 aromatic heterocycles. The molecule has 1 N–H and O–H groups in total. The highest BCUT2D eigenvalue weighted by atomic mass is 16.6. The second-order valence-corrected chi connectivity index (χ2v) is 10.8. The van der Waals surface area contributed by atoms with Crippen molar-refractivity contribution >= 4 is 29.6 Å². The van der Waals surface area contributed by atoms with Crippen LogP contribution in [0.25, 0.3) is 0 Å². The van der Waals surface area contributed by atoms with Crippen LogP contribution < -0.4 is 5.32 Å². The Hall–Kier alpha value is -4.14. The van der Waals surface area contributed by atoms with Crippen molar-refractivity contribution in [3.63, 3.8) is 0 Å². The number of hydrogen-bond donors (Lipinski definition) is 1. The van der Waals surface area contributed by atoms with E-state index in [0.717, 1.165) is 5.56 Å². The van der Waals surface area contributed by atoms with Crippen LogP contribution in [0.2, 0.25) is 0 Å². The van der Waals surface area contributed by atoms with Crippen molar-refractivity contribution in [1.82, 2.24) is 4.90 Å². The van der Waals surface area contributed by atoms with E-state index in [9.17, 15) is 19.2 Å². The van der Waals surface area contributed by atoms with Gasteiger partial charge in [-0.15, -0.1) is 0 Å². The van der Waals surface area contributed by atoms with Crippen molar-refractivity contribution in [1.29, 1.82) is 0 Å². The molecule has 2 aromatic carbocycles. The highest BCUT2D eigenvalue weighted by molar-refractivity contribution is 6.04. The van der Waals surface area contributed by atoms with Gasteiger partial charge in [-0.3, -0.25) is 10.1 Å². The van der Waals surface area contributed by atoms with Gasteiger partial charge < -0.3 is 19.1 Å². The zero-order valence-corrected chi connectivity index (χ0v) is 23.7. The van der Waals surface area contributed by atoms with Gasteiger partial charge in [-0.25, -0.2) is 14.4 Å². The molecule has 2 aromatic rings. The lowest BCUT2D eigenvalue weighted by molar-refractivity contribution is -0.134. The highest BCUT2D eigenvalue weighted by Crippen LogP contribution is 2.23. The van der Waals surface area contributed by atoms with E-state index in [0.29, 0.717) is 13.0 Å². The number of anilines is 1. The molecule has 2 amide bonds. The van der Waals surface area contributed by atoms with E-state index >= 15 is 0 Å². The van der Waals surface area contributed by atoms with E-state index < -0.39 is 35.1 Å². The molecule has 0 aliphatic carbocycles. The van der Waals surface area contributed by atoms with Crippen LogP contribution in [0.4, 0.5) is 10.5 Å². The predicted octanol–water partition coefficient (Wildman–Crippen LogP) is 5.40. The number of benzene rings is 2. The maximum Gasteiger partial charge on any atom is 0.412 e. The number of methoxy groups -OCH3 is 1. The molecule has 0 radical (unpaired) electrons. The predicted molar refractivity (Wildman–Crippen MR) is 149 cm³/mol. The summed E-state index contributed by atoms with van der Waals surface area (Å²) in [6.07, 6.45) is 2.56. The maximum absolute atomic E-state index is 13.8. The zero-order valence-electron chi connectivity index (χ0n) is 23.7. The quantitative estimate of drug-likeness (QED) is 0.258. The van der Waals surface area contributed by atoms with Gasteiger partial charge in [-0.2, -0.15) is 0 Å². The lowest BCUT2D eigenvalue weighted by Crippen LogP contribution is -2.34. The highest BCUT2D eigenvalue weighted by Gasteiger charge is 2.25. The van der Waals surface area contributed by atoms with Gasteiger partial charge in [0.25, 0.3) is 5.91 Å². The minimum atomic E-state index is -0.780. The number of carbonyl (C=O) groups excluding carboxylic acids is 4. The van der Waals surface area contributed by atoms with Crippen LogP contribution in [0.1, 0.15) is 67.8 Å². The number of carbonyl (C=O) groups is 4. The molecule has 9 nitrogen and oxygen atoms in total. The zero-order chi connectivity index (χ0) is 29.2. The Labute approximate surface area is 230 Å². The van der Waals surface area contributed by atoms with Gasteiger partial charge in [0.2, 0.25) is 0 Å². The molecular weight excluding hydrogens is 500 g/mol. The molecule has 0 aliphatic heterocycles.